The second-order valence-corrected chi connectivity index (χ2v) is 5.70. The van der Waals surface area contributed by atoms with Gasteiger partial charge in [-0.05, 0) is 31.1 Å². The van der Waals surface area contributed by atoms with E-state index in [1.54, 1.807) is 0 Å². The maximum atomic E-state index is 11.9. The lowest BCUT2D eigenvalue weighted by Crippen LogP contribution is -2.30. The second kappa shape index (κ2) is 5.00. The molecule has 0 N–H and O–H groups in total. The Labute approximate surface area is 93.4 Å². The van der Waals surface area contributed by atoms with Crippen LogP contribution in [0.1, 0.15) is 59.8 Å². The van der Waals surface area contributed by atoms with Gasteiger partial charge in [-0.3, -0.25) is 4.79 Å². The van der Waals surface area contributed by atoms with Gasteiger partial charge >= 0.3 is 5.97 Å². The summed E-state index contributed by atoms with van der Waals surface area (Å²) >= 11 is 0. The van der Waals surface area contributed by atoms with E-state index in [1.807, 2.05) is 0 Å². The van der Waals surface area contributed by atoms with Gasteiger partial charge in [0.15, 0.2) is 0 Å². The SMILES string of the molecule is CCCC1CCCC(C(C)(C)C)C(=O)O1. The molecule has 0 aromatic carbocycles. The average molecular weight is 212 g/mol. The van der Waals surface area contributed by atoms with E-state index < -0.39 is 0 Å². The fourth-order valence-corrected chi connectivity index (χ4v) is 2.28. The Kier molecular flexibility index (Phi) is 4.18. The molecule has 1 saturated heterocycles. The molecule has 2 heteroatoms. The van der Waals surface area contributed by atoms with E-state index in [0.717, 1.165) is 32.1 Å². The Morgan fingerprint density at radius 1 is 1.33 bits per heavy atom. The molecule has 0 spiro atoms. The smallest absolute Gasteiger partial charge is 0.309 e. The Bertz CT molecular complexity index is 215. The van der Waals surface area contributed by atoms with Crippen LogP contribution < -0.4 is 0 Å². The third-order valence-electron chi connectivity index (χ3n) is 3.24. The van der Waals surface area contributed by atoms with Gasteiger partial charge in [-0.25, -0.2) is 0 Å². The molecule has 1 aliphatic rings. The minimum absolute atomic E-state index is 0.0263. The largest absolute Gasteiger partial charge is 0.462 e. The van der Waals surface area contributed by atoms with Gasteiger partial charge in [0.2, 0.25) is 0 Å². The van der Waals surface area contributed by atoms with E-state index in [1.165, 1.54) is 0 Å². The monoisotopic (exact) mass is 212 g/mol. The molecule has 1 rings (SSSR count). The van der Waals surface area contributed by atoms with Crippen molar-refractivity contribution < 1.29 is 9.53 Å². The number of carbonyl (C=O) groups excluding carboxylic acids is 1. The summed E-state index contributed by atoms with van der Waals surface area (Å²) in [7, 11) is 0. The van der Waals surface area contributed by atoms with Crippen LogP contribution in [0.25, 0.3) is 0 Å². The van der Waals surface area contributed by atoms with Crippen molar-refractivity contribution in [3.05, 3.63) is 0 Å². The molecule has 2 nitrogen and oxygen atoms in total. The first kappa shape index (κ1) is 12.5. The Balaban J connectivity index is 2.62. The molecule has 88 valence electrons. The lowest BCUT2D eigenvalue weighted by atomic mass is 9.78. The van der Waals surface area contributed by atoms with Crippen LogP contribution >= 0.6 is 0 Å². The molecule has 0 amide bonds. The van der Waals surface area contributed by atoms with Gasteiger partial charge in [0.1, 0.15) is 6.10 Å². The molecular weight excluding hydrogens is 188 g/mol. The number of hydrogen-bond donors (Lipinski definition) is 0. The highest BCUT2D eigenvalue weighted by atomic mass is 16.5. The number of rotatable bonds is 2. The molecule has 0 aromatic rings. The zero-order valence-electron chi connectivity index (χ0n) is 10.5. The van der Waals surface area contributed by atoms with Crippen LogP contribution in [-0.2, 0) is 9.53 Å². The van der Waals surface area contributed by atoms with Crippen LogP contribution in [0.3, 0.4) is 0 Å². The number of ether oxygens (including phenoxy) is 1. The standard InChI is InChI=1S/C13H24O2/c1-5-7-10-8-6-9-11(12(14)15-10)13(2,3)4/h10-11H,5-9H2,1-4H3. The molecule has 0 bridgehead atoms. The van der Waals surface area contributed by atoms with E-state index >= 15 is 0 Å². The molecule has 15 heavy (non-hydrogen) atoms. The number of carbonyl (C=O) groups is 1. The van der Waals surface area contributed by atoms with E-state index in [4.69, 9.17) is 4.74 Å². The highest BCUT2D eigenvalue weighted by Gasteiger charge is 2.35. The normalized spacial score (nSPS) is 28.4. The molecular formula is C13H24O2. The van der Waals surface area contributed by atoms with E-state index in [9.17, 15) is 4.79 Å². The lowest BCUT2D eigenvalue weighted by molar-refractivity contribution is -0.156. The van der Waals surface area contributed by atoms with E-state index in [-0.39, 0.29) is 23.4 Å². The second-order valence-electron chi connectivity index (χ2n) is 5.70. The Hall–Kier alpha value is -0.530. The van der Waals surface area contributed by atoms with E-state index in [2.05, 4.69) is 27.7 Å². The molecule has 1 aliphatic heterocycles. The summed E-state index contributed by atoms with van der Waals surface area (Å²) in [5.41, 5.74) is 0.0399. The van der Waals surface area contributed by atoms with Crippen molar-refractivity contribution in [2.75, 3.05) is 0 Å². The van der Waals surface area contributed by atoms with Gasteiger partial charge in [0.25, 0.3) is 0 Å². The van der Waals surface area contributed by atoms with Crippen molar-refractivity contribution in [1.29, 1.82) is 0 Å². The molecule has 1 heterocycles. The highest BCUT2D eigenvalue weighted by molar-refractivity contribution is 5.73. The molecule has 0 saturated carbocycles. The minimum Gasteiger partial charge on any atom is -0.462 e. The zero-order chi connectivity index (χ0) is 11.5. The summed E-state index contributed by atoms with van der Waals surface area (Å²) in [5, 5.41) is 0. The summed E-state index contributed by atoms with van der Waals surface area (Å²) in [4.78, 5) is 11.9. The van der Waals surface area contributed by atoms with Crippen molar-refractivity contribution in [2.45, 2.75) is 65.9 Å². The predicted molar refractivity (Wildman–Crippen MR) is 61.6 cm³/mol. The number of esters is 1. The van der Waals surface area contributed by atoms with Gasteiger partial charge in [0.05, 0.1) is 5.92 Å². The first-order chi connectivity index (χ1) is 6.95. The van der Waals surface area contributed by atoms with Crippen LogP contribution in [-0.4, -0.2) is 12.1 Å². The maximum absolute atomic E-state index is 11.9. The number of hydrogen-bond acceptors (Lipinski definition) is 2. The van der Waals surface area contributed by atoms with Crippen LogP contribution in [0.15, 0.2) is 0 Å². The number of cyclic esters (lactones) is 1. The van der Waals surface area contributed by atoms with Crippen molar-refractivity contribution in [3.63, 3.8) is 0 Å². The molecule has 2 atom stereocenters. The first-order valence-electron chi connectivity index (χ1n) is 6.15. The molecule has 1 fully saturated rings. The molecule has 0 aromatic heterocycles. The quantitative estimate of drug-likeness (QED) is 0.654. The maximum Gasteiger partial charge on any atom is 0.309 e. The molecule has 0 aliphatic carbocycles. The Morgan fingerprint density at radius 2 is 2.00 bits per heavy atom. The van der Waals surface area contributed by atoms with Crippen molar-refractivity contribution in [3.8, 4) is 0 Å². The zero-order valence-corrected chi connectivity index (χ0v) is 10.5. The summed E-state index contributed by atoms with van der Waals surface area (Å²) < 4.78 is 5.55. The minimum atomic E-state index is 0.0263. The molecule has 0 radical (unpaired) electrons. The predicted octanol–water partition coefficient (Wildman–Crippen LogP) is 3.54. The van der Waals surface area contributed by atoms with Gasteiger partial charge in [0, 0.05) is 0 Å². The average Bonchev–Trinajstić information content (AvgIpc) is 2.26. The fourth-order valence-electron chi connectivity index (χ4n) is 2.28. The molecule has 2 unspecified atom stereocenters. The summed E-state index contributed by atoms with van der Waals surface area (Å²) in [6, 6.07) is 0. The third kappa shape index (κ3) is 3.51. The summed E-state index contributed by atoms with van der Waals surface area (Å²) in [6.45, 7) is 8.51. The van der Waals surface area contributed by atoms with Crippen molar-refractivity contribution in [2.24, 2.45) is 11.3 Å². The summed E-state index contributed by atoms with van der Waals surface area (Å²) in [6.07, 6.45) is 5.45. The Morgan fingerprint density at radius 3 is 2.53 bits per heavy atom. The van der Waals surface area contributed by atoms with Gasteiger partial charge in [-0.2, -0.15) is 0 Å². The van der Waals surface area contributed by atoms with Gasteiger partial charge in [-0.15, -0.1) is 0 Å². The first-order valence-corrected chi connectivity index (χ1v) is 6.15. The van der Waals surface area contributed by atoms with Gasteiger partial charge < -0.3 is 4.74 Å². The lowest BCUT2D eigenvalue weighted by Gasteiger charge is -2.27. The van der Waals surface area contributed by atoms with Crippen LogP contribution in [0.4, 0.5) is 0 Å². The van der Waals surface area contributed by atoms with Gasteiger partial charge in [-0.1, -0.05) is 34.1 Å². The topological polar surface area (TPSA) is 26.3 Å². The van der Waals surface area contributed by atoms with E-state index in [0.29, 0.717) is 0 Å². The highest BCUT2D eigenvalue weighted by Crippen LogP contribution is 2.34. The van der Waals surface area contributed by atoms with Crippen LogP contribution in [0.5, 0.6) is 0 Å². The van der Waals surface area contributed by atoms with Crippen molar-refractivity contribution in [1.82, 2.24) is 0 Å². The van der Waals surface area contributed by atoms with Crippen molar-refractivity contribution >= 4 is 5.97 Å². The van der Waals surface area contributed by atoms with Crippen LogP contribution in [0.2, 0.25) is 0 Å². The fraction of sp³-hybridized carbons (Fsp3) is 0.923. The summed E-state index contributed by atoms with van der Waals surface area (Å²) in [5.74, 6) is 0.109. The third-order valence-corrected chi connectivity index (χ3v) is 3.24. The van der Waals surface area contributed by atoms with Crippen LogP contribution in [0, 0.1) is 11.3 Å².